The van der Waals surface area contributed by atoms with E-state index < -0.39 is 0 Å². The van der Waals surface area contributed by atoms with E-state index in [4.69, 9.17) is 15.1 Å². The first-order chi connectivity index (χ1) is 6.83. The van der Waals surface area contributed by atoms with Crippen molar-refractivity contribution in [3.8, 4) is 11.8 Å². The first kappa shape index (κ1) is 9.04. The van der Waals surface area contributed by atoms with Gasteiger partial charge in [-0.25, -0.2) is 0 Å². The van der Waals surface area contributed by atoms with E-state index in [-0.39, 0.29) is 12.5 Å². The molecule has 1 heterocycles. The Morgan fingerprint density at radius 3 is 3.14 bits per heavy atom. The summed E-state index contributed by atoms with van der Waals surface area (Å²) < 4.78 is 5.46. The molecule has 0 aliphatic carbocycles. The maximum absolute atomic E-state index is 8.99. The van der Waals surface area contributed by atoms with Crippen LogP contribution < -0.4 is 4.74 Å². The molecule has 0 saturated heterocycles. The molecule has 72 valence electrons. The van der Waals surface area contributed by atoms with Gasteiger partial charge in [0.15, 0.2) is 0 Å². The largest absolute Gasteiger partial charge is 0.493 e. The van der Waals surface area contributed by atoms with Crippen molar-refractivity contribution in [3.05, 3.63) is 29.3 Å². The van der Waals surface area contributed by atoms with Crippen LogP contribution in [0.2, 0.25) is 0 Å². The van der Waals surface area contributed by atoms with Crippen LogP contribution >= 0.6 is 0 Å². The van der Waals surface area contributed by atoms with Crippen molar-refractivity contribution in [1.82, 2.24) is 0 Å². The van der Waals surface area contributed by atoms with Crippen molar-refractivity contribution < 1.29 is 9.84 Å². The summed E-state index contributed by atoms with van der Waals surface area (Å²) in [6.07, 6.45) is 0.831. The van der Waals surface area contributed by atoms with Gasteiger partial charge in [-0.2, -0.15) is 5.26 Å². The van der Waals surface area contributed by atoms with E-state index in [2.05, 4.69) is 6.07 Å². The van der Waals surface area contributed by atoms with Crippen LogP contribution in [0.1, 0.15) is 11.1 Å². The van der Waals surface area contributed by atoms with Gasteiger partial charge in [0.1, 0.15) is 5.75 Å². The Hall–Kier alpha value is -1.53. The average Bonchev–Trinajstić information content (AvgIpc) is 2.27. The van der Waals surface area contributed by atoms with Crippen molar-refractivity contribution in [2.24, 2.45) is 5.92 Å². The molecule has 1 N–H and O–H groups in total. The van der Waals surface area contributed by atoms with E-state index in [1.807, 2.05) is 6.07 Å². The van der Waals surface area contributed by atoms with E-state index in [1.54, 1.807) is 12.1 Å². The lowest BCUT2D eigenvalue weighted by Gasteiger charge is -2.23. The summed E-state index contributed by atoms with van der Waals surface area (Å²) in [5.41, 5.74) is 1.69. The lowest BCUT2D eigenvalue weighted by Crippen LogP contribution is -2.23. The molecule has 1 aromatic carbocycles. The second kappa shape index (κ2) is 3.69. The van der Waals surface area contributed by atoms with Gasteiger partial charge in [0.2, 0.25) is 0 Å². The van der Waals surface area contributed by atoms with Gasteiger partial charge in [-0.05, 0) is 24.1 Å². The molecular formula is C11H11NO2. The quantitative estimate of drug-likeness (QED) is 0.719. The fourth-order valence-electron chi connectivity index (χ4n) is 1.62. The van der Waals surface area contributed by atoms with Gasteiger partial charge in [0.05, 0.1) is 18.2 Å². The van der Waals surface area contributed by atoms with Crippen molar-refractivity contribution >= 4 is 0 Å². The summed E-state index contributed by atoms with van der Waals surface area (Å²) in [5.74, 6) is 0.976. The van der Waals surface area contributed by atoms with Gasteiger partial charge in [-0.1, -0.05) is 6.07 Å². The highest BCUT2D eigenvalue weighted by Crippen LogP contribution is 2.27. The van der Waals surface area contributed by atoms with Gasteiger partial charge < -0.3 is 9.84 Å². The SMILES string of the molecule is N#Cc1ccc2c(c1)OC[C@@H](CO)C2. The number of hydrogen-bond acceptors (Lipinski definition) is 3. The zero-order valence-corrected chi connectivity index (χ0v) is 7.73. The number of hydrogen-bond donors (Lipinski definition) is 1. The minimum atomic E-state index is 0.152. The predicted molar refractivity (Wildman–Crippen MR) is 50.9 cm³/mol. The summed E-state index contributed by atoms with van der Waals surface area (Å²) in [7, 11) is 0. The smallest absolute Gasteiger partial charge is 0.123 e. The molecule has 2 rings (SSSR count). The zero-order chi connectivity index (χ0) is 9.97. The Morgan fingerprint density at radius 2 is 2.43 bits per heavy atom. The molecule has 0 spiro atoms. The highest BCUT2D eigenvalue weighted by atomic mass is 16.5. The summed E-state index contributed by atoms with van der Waals surface area (Å²) >= 11 is 0. The second-order valence-corrected chi connectivity index (χ2v) is 3.50. The van der Waals surface area contributed by atoms with Crippen LogP contribution in [0.4, 0.5) is 0 Å². The zero-order valence-electron chi connectivity index (χ0n) is 7.73. The molecule has 1 aliphatic heterocycles. The topological polar surface area (TPSA) is 53.2 Å². The first-order valence-electron chi connectivity index (χ1n) is 4.60. The molecule has 1 aliphatic rings. The van der Waals surface area contributed by atoms with Crippen LogP contribution in [0, 0.1) is 17.2 Å². The minimum Gasteiger partial charge on any atom is -0.493 e. The third-order valence-electron chi connectivity index (χ3n) is 2.44. The Morgan fingerprint density at radius 1 is 1.57 bits per heavy atom. The lowest BCUT2D eigenvalue weighted by molar-refractivity contribution is 0.147. The number of benzene rings is 1. The van der Waals surface area contributed by atoms with Crippen molar-refractivity contribution in [1.29, 1.82) is 5.26 Å². The number of ether oxygens (including phenoxy) is 1. The summed E-state index contributed by atoms with van der Waals surface area (Å²) in [6.45, 7) is 0.692. The highest BCUT2D eigenvalue weighted by Gasteiger charge is 2.19. The predicted octanol–water partition coefficient (Wildman–Crippen LogP) is 1.10. The summed E-state index contributed by atoms with van der Waals surface area (Å²) in [4.78, 5) is 0. The third kappa shape index (κ3) is 1.57. The molecule has 0 bridgehead atoms. The maximum Gasteiger partial charge on any atom is 0.123 e. The van der Waals surface area contributed by atoms with E-state index in [0.717, 1.165) is 17.7 Å². The molecule has 0 amide bonds. The van der Waals surface area contributed by atoms with Crippen molar-refractivity contribution in [2.45, 2.75) is 6.42 Å². The van der Waals surface area contributed by atoms with Gasteiger partial charge in [-0.3, -0.25) is 0 Å². The van der Waals surface area contributed by atoms with Crippen LogP contribution in [0.5, 0.6) is 5.75 Å². The summed E-state index contributed by atoms with van der Waals surface area (Å²) in [6, 6.07) is 7.50. The lowest BCUT2D eigenvalue weighted by atomic mass is 9.96. The number of fused-ring (bicyclic) bond motifs is 1. The number of aliphatic hydroxyl groups is 1. The van der Waals surface area contributed by atoms with Crippen LogP contribution in [-0.2, 0) is 6.42 Å². The molecule has 3 heteroatoms. The second-order valence-electron chi connectivity index (χ2n) is 3.50. The fraction of sp³-hybridized carbons (Fsp3) is 0.364. The van der Waals surface area contributed by atoms with E-state index >= 15 is 0 Å². The molecule has 0 radical (unpaired) electrons. The van der Waals surface area contributed by atoms with Crippen LogP contribution in [0.15, 0.2) is 18.2 Å². The molecule has 1 aromatic rings. The van der Waals surface area contributed by atoms with Crippen LogP contribution in [0.25, 0.3) is 0 Å². The Bertz CT molecular complexity index is 381. The highest BCUT2D eigenvalue weighted by molar-refractivity contribution is 5.43. The van der Waals surface area contributed by atoms with E-state index in [1.165, 1.54) is 0 Å². The molecule has 14 heavy (non-hydrogen) atoms. The third-order valence-corrected chi connectivity index (χ3v) is 2.44. The average molecular weight is 189 g/mol. The van der Waals surface area contributed by atoms with Gasteiger partial charge in [0, 0.05) is 12.5 Å². The normalized spacial score (nSPS) is 19.3. The molecule has 0 unspecified atom stereocenters. The molecule has 3 nitrogen and oxygen atoms in total. The maximum atomic E-state index is 8.99. The van der Waals surface area contributed by atoms with Gasteiger partial charge in [-0.15, -0.1) is 0 Å². The number of rotatable bonds is 1. The van der Waals surface area contributed by atoms with Crippen molar-refractivity contribution in [3.63, 3.8) is 0 Å². The monoisotopic (exact) mass is 189 g/mol. The molecule has 0 saturated carbocycles. The van der Waals surface area contributed by atoms with Gasteiger partial charge >= 0.3 is 0 Å². The Kier molecular flexibility index (Phi) is 2.38. The molecule has 1 atom stereocenters. The number of nitrogens with zero attached hydrogens (tertiary/aromatic N) is 1. The standard InChI is InChI=1S/C11H11NO2/c12-5-8-1-2-10-3-9(6-13)7-14-11(10)4-8/h1-2,4,9,13H,3,6-7H2/t9-/m1/s1. The number of aliphatic hydroxyl groups excluding tert-OH is 1. The summed E-state index contributed by atoms with van der Waals surface area (Å²) in [5, 5.41) is 17.7. The van der Waals surface area contributed by atoms with E-state index in [0.29, 0.717) is 12.2 Å². The Labute approximate surface area is 82.6 Å². The minimum absolute atomic E-state index is 0.152. The van der Waals surface area contributed by atoms with Gasteiger partial charge in [0.25, 0.3) is 0 Å². The van der Waals surface area contributed by atoms with E-state index in [9.17, 15) is 0 Å². The molecule has 0 aromatic heterocycles. The van der Waals surface area contributed by atoms with Crippen LogP contribution in [-0.4, -0.2) is 18.3 Å². The molecular weight excluding hydrogens is 178 g/mol. The number of nitriles is 1. The Balaban J connectivity index is 2.29. The fourth-order valence-corrected chi connectivity index (χ4v) is 1.62. The van der Waals surface area contributed by atoms with Crippen LogP contribution in [0.3, 0.4) is 0 Å². The first-order valence-corrected chi connectivity index (χ1v) is 4.60. The molecule has 0 fully saturated rings. The van der Waals surface area contributed by atoms with Crippen molar-refractivity contribution in [2.75, 3.05) is 13.2 Å².